The second-order valence-corrected chi connectivity index (χ2v) is 4.15. The average molecular weight is 252 g/mol. The molecule has 0 unspecified atom stereocenters. The summed E-state index contributed by atoms with van der Waals surface area (Å²) in [5.74, 6) is -1.43. The van der Waals surface area contributed by atoms with Gasteiger partial charge in [0.15, 0.2) is 5.78 Å². The van der Waals surface area contributed by atoms with Gasteiger partial charge in [-0.2, -0.15) is 0 Å². The van der Waals surface area contributed by atoms with Crippen molar-refractivity contribution in [3.63, 3.8) is 0 Å². The number of halogens is 1. The van der Waals surface area contributed by atoms with Gasteiger partial charge in [0.1, 0.15) is 0 Å². The van der Waals surface area contributed by atoms with Gasteiger partial charge < -0.3 is 0 Å². The largest absolute Gasteiger partial charge is 0.299 e. The van der Waals surface area contributed by atoms with Gasteiger partial charge >= 0.3 is 0 Å². The number of benzene rings is 1. The zero-order valence-corrected chi connectivity index (χ0v) is 9.95. The molecule has 1 aromatic carbocycles. The Morgan fingerprint density at radius 1 is 1.35 bits per heavy atom. The van der Waals surface area contributed by atoms with Crippen LogP contribution in [0.3, 0.4) is 0 Å². The highest BCUT2D eigenvalue weighted by molar-refractivity contribution is 6.55. The monoisotopic (exact) mass is 251 g/mol. The first-order valence-electron chi connectivity index (χ1n) is 5.22. The SMILES string of the molecule is CCC(=O)CN1C(=O)C(=O)c2c(Cl)cccc21. The highest BCUT2D eigenvalue weighted by Crippen LogP contribution is 2.33. The van der Waals surface area contributed by atoms with Crippen LogP contribution in [0.2, 0.25) is 5.02 Å². The van der Waals surface area contributed by atoms with E-state index in [2.05, 4.69) is 0 Å². The Hall–Kier alpha value is -1.68. The smallest absolute Gasteiger partial charge is 0.298 e. The number of rotatable bonds is 3. The first-order valence-corrected chi connectivity index (χ1v) is 5.60. The van der Waals surface area contributed by atoms with Crippen LogP contribution in [0.4, 0.5) is 5.69 Å². The van der Waals surface area contributed by atoms with Crippen molar-refractivity contribution in [3.8, 4) is 0 Å². The summed E-state index contributed by atoms with van der Waals surface area (Å²) >= 11 is 5.88. The zero-order chi connectivity index (χ0) is 12.6. The number of nitrogens with zero attached hydrogens (tertiary/aromatic N) is 1. The number of Topliss-reactive ketones (excluding diaryl/α,β-unsaturated/α-hetero) is 2. The fraction of sp³-hybridized carbons (Fsp3) is 0.250. The third kappa shape index (κ3) is 1.85. The number of anilines is 1. The second kappa shape index (κ2) is 4.30. The minimum absolute atomic E-state index is 0.0750. The predicted molar refractivity (Wildman–Crippen MR) is 63.4 cm³/mol. The molecular formula is C12H10ClNO3. The summed E-state index contributed by atoms with van der Waals surface area (Å²) in [5.41, 5.74) is 0.623. The van der Waals surface area contributed by atoms with E-state index in [4.69, 9.17) is 11.6 Å². The lowest BCUT2D eigenvalue weighted by Crippen LogP contribution is -2.34. The number of fused-ring (bicyclic) bond motifs is 1. The predicted octanol–water partition coefficient (Wildman–Crippen LogP) is 1.85. The van der Waals surface area contributed by atoms with Gasteiger partial charge in [0.25, 0.3) is 11.7 Å². The number of hydrogen-bond donors (Lipinski definition) is 0. The van der Waals surface area contributed by atoms with Gasteiger partial charge in [0.2, 0.25) is 0 Å². The summed E-state index contributed by atoms with van der Waals surface area (Å²) in [5, 5.41) is 0.243. The lowest BCUT2D eigenvalue weighted by molar-refractivity contribution is -0.120. The zero-order valence-electron chi connectivity index (χ0n) is 9.20. The highest BCUT2D eigenvalue weighted by Gasteiger charge is 2.37. The molecule has 2 rings (SSSR count). The van der Waals surface area contributed by atoms with Crippen LogP contribution < -0.4 is 4.90 Å². The first kappa shape index (κ1) is 11.8. The fourth-order valence-corrected chi connectivity index (χ4v) is 2.00. The topological polar surface area (TPSA) is 54.5 Å². The summed E-state index contributed by atoms with van der Waals surface area (Å²) < 4.78 is 0. The number of amides is 1. The molecule has 0 spiro atoms. The van der Waals surface area contributed by atoms with Crippen LogP contribution in [-0.4, -0.2) is 24.0 Å². The second-order valence-electron chi connectivity index (χ2n) is 3.75. The van der Waals surface area contributed by atoms with Gasteiger partial charge in [-0.3, -0.25) is 19.3 Å². The third-order valence-electron chi connectivity index (χ3n) is 2.68. The van der Waals surface area contributed by atoms with Crippen molar-refractivity contribution >= 4 is 34.8 Å². The van der Waals surface area contributed by atoms with Crippen molar-refractivity contribution in [2.75, 3.05) is 11.4 Å². The van der Waals surface area contributed by atoms with E-state index >= 15 is 0 Å². The van der Waals surface area contributed by atoms with Gasteiger partial charge in [-0.15, -0.1) is 0 Å². The molecule has 1 heterocycles. The normalized spacial score (nSPS) is 14.1. The summed E-state index contributed by atoms with van der Waals surface area (Å²) in [7, 11) is 0. The number of carbonyl (C=O) groups excluding carboxylic acids is 3. The third-order valence-corrected chi connectivity index (χ3v) is 2.99. The van der Waals surface area contributed by atoms with E-state index in [1.165, 1.54) is 4.90 Å². The molecule has 1 aliphatic rings. The van der Waals surface area contributed by atoms with Crippen molar-refractivity contribution < 1.29 is 14.4 Å². The standard InChI is InChI=1S/C12H10ClNO3/c1-2-7(15)6-14-9-5-3-4-8(13)10(9)11(16)12(14)17/h3-5H,2,6H2,1H3. The first-order chi connectivity index (χ1) is 8.06. The Bertz CT molecular complexity index is 524. The molecule has 1 aromatic rings. The molecule has 88 valence electrons. The summed E-state index contributed by atoms with van der Waals surface area (Å²) in [6, 6.07) is 4.82. The molecule has 0 bridgehead atoms. The van der Waals surface area contributed by atoms with E-state index in [1.807, 2.05) is 0 Å². The molecule has 5 heteroatoms. The molecule has 1 aliphatic heterocycles. The molecule has 0 radical (unpaired) electrons. The Morgan fingerprint density at radius 3 is 2.71 bits per heavy atom. The number of hydrogen-bond acceptors (Lipinski definition) is 3. The molecule has 17 heavy (non-hydrogen) atoms. The molecule has 0 saturated heterocycles. The Balaban J connectivity index is 2.45. The van der Waals surface area contributed by atoms with E-state index in [-0.39, 0.29) is 22.9 Å². The van der Waals surface area contributed by atoms with E-state index in [1.54, 1.807) is 25.1 Å². The van der Waals surface area contributed by atoms with E-state index in [9.17, 15) is 14.4 Å². The maximum Gasteiger partial charge on any atom is 0.299 e. The van der Waals surface area contributed by atoms with E-state index in [0.29, 0.717) is 12.1 Å². The van der Waals surface area contributed by atoms with Gasteiger partial charge in [-0.05, 0) is 12.1 Å². The van der Waals surface area contributed by atoms with Crippen LogP contribution in [0.5, 0.6) is 0 Å². The average Bonchev–Trinajstić information content (AvgIpc) is 2.55. The molecule has 0 saturated carbocycles. The van der Waals surface area contributed by atoms with Crippen LogP contribution in [0.1, 0.15) is 23.7 Å². The molecular weight excluding hydrogens is 242 g/mol. The summed E-state index contributed by atoms with van der Waals surface area (Å²) in [4.78, 5) is 36.0. The molecule has 0 N–H and O–H groups in total. The Labute approximate surface area is 103 Å². The summed E-state index contributed by atoms with van der Waals surface area (Å²) in [6.45, 7) is 1.64. The van der Waals surface area contributed by atoms with Crippen molar-refractivity contribution in [2.45, 2.75) is 13.3 Å². The lowest BCUT2D eigenvalue weighted by Gasteiger charge is -2.14. The fourth-order valence-electron chi connectivity index (χ4n) is 1.75. The van der Waals surface area contributed by atoms with Crippen molar-refractivity contribution in [2.24, 2.45) is 0 Å². The summed E-state index contributed by atoms with van der Waals surface area (Å²) in [6.07, 6.45) is 0.327. The lowest BCUT2D eigenvalue weighted by atomic mass is 10.1. The Kier molecular flexibility index (Phi) is 2.98. The molecule has 0 aromatic heterocycles. The molecule has 1 amide bonds. The highest BCUT2D eigenvalue weighted by atomic mass is 35.5. The molecule has 0 aliphatic carbocycles. The van der Waals surface area contributed by atoms with Crippen molar-refractivity contribution in [3.05, 3.63) is 28.8 Å². The maximum absolute atomic E-state index is 11.7. The molecule has 0 fully saturated rings. The van der Waals surface area contributed by atoms with Crippen LogP contribution in [0.25, 0.3) is 0 Å². The maximum atomic E-state index is 11.7. The number of ketones is 2. The molecule has 0 atom stereocenters. The quantitative estimate of drug-likeness (QED) is 0.771. The Morgan fingerprint density at radius 2 is 2.06 bits per heavy atom. The van der Waals surface area contributed by atoms with Crippen LogP contribution in [0.15, 0.2) is 18.2 Å². The van der Waals surface area contributed by atoms with Crippen LogP contribution in [-0.2, 0) is 9.59 Å². The van der Waals surface area contributed by atoms with Crippen LogP contribution >= 0.6 is 11.6 Å². The minimum atomic E-state index is -0.685. The van der Waals surface area contributed by atoms with E-state index < -0.39 is 11.7 Å². The van der Waals surface area contributed by atoms with Gasteiger partial charge in [0.05, 0.1) is 22.8 Å². The van der Waals surface area contributed by atoms with E-state index in [0.717, 1.165) is 0 Å². The van der Waals surface area contributed by atoms with Crippen LogP contribution in [0, 0.1) is 0 Å². The van der Waals surface area contributed by atoms with Gasteiger partial charge in [-0.25, -0.2) is 0 Å². The van der Waals surface area contributed by atoms with Crippen molar-refractivity contribution in [1.29, 1.82) is 0 Å². The van der Waals surface area contributed by atoms with Gasteiger partial charge in [-0.1, -0.05) is 24.6 Å². The molecule has 4 nitrogen and oxygen atoms in total. The minimum Gasteiger partial charge on any atom is -0.298 e. The van der Waals surface area contributed by atoms with Gasteiger partial charge in [0, 0.05) is 6.42 Å². The number of carbonyl (C=O) groups is 3. The van der Waals surface area contributed by atoms with Crippen molar-refractivity contribution in [1.82, 2.24) is 0 Å².